The van der Waals surface area contributed by atoms with Gasteiger partial charge in [0.05, 0.1) is 11.4 Å². The SMILES string of the molecule is Cc1ccc(-c2cc(C(=O)CCc3cnccn3)cc(N(C)C(=O)C(C)C)c2)nc1. The van der Waals surface area contributed by atoms with Gasteiger partial charge in [-0.05, 0) is 43.2 Å². The molecule has 6 heteroatoms. The molecule has 1 amide bonds. The maximum atomic E-state index is 13.0. The van der Waals surface area contributed by atoms with Crippen LogP contribution in [0, 0.1) is 12.8 Å². The number of pyridine rings is 1. The molecular weight excluding hydrogens is 376 g/mol. The second-order valence-corrected chi connectivity index (χ2v) is 7.66. The Kier molecular flexibility index (Phi) is 6.67. The van der Waals surface area contributed by atoms with Crippen LogP contribution in [0.5, 0.6) is 0 Å². The molecule has 0 aliphatic rings. The average Bonchev–Trinajstić information content (AvgIpc) is 2.77. The van der Waals surface area contributed by atoms with Gasteiger partial charge in [0.1, 0.15) is 0 Å². The first-order chi connectivity index (χ1) is 14.3. The number of aromatic nitrogens is 3. The molecule has 3 rings (SSSR count). The fourth-order valence-electron chi connectivity index (χ4n) is 3.11. The maximum absolute atomic E-state index is 13.0. The van der Waals surface area contributed by atoms with E-state index in [1.807, 2.05) is 45.0 Å². The van der Waals surface area contributed by atoms with Crippen LogP contribution < -0.4 is 4.90 Å². The molecule has 1 aromatic carbocycles. The van der Waals surface area contributed by atoms with Crippen LogP contribution in [-0.4, -0.2) is 33.7 Å². The van der Waals surface area contributed by atoms with Crippen LogP contribution in [0.25, 0.3) is 11.3 Å². The summed E-state index contributed by atoms with van der Waals surface area (Å²) in [7, 11) is 1.73. The van der Waals surface area contributed by atoms with Crippen molar-refractivity contribution < 1.29 is 9.59 Å². The fraction of sp³-hybridized carbons (Fsp3) is 0.292. The third-order valence-electron chi connectivity index (χ3n) is 4.88. The molecule has 0 aliphatic heterocycles. The Hall–Kier alpha value is -3.41. The molecule has 0 saturated heterocycles. The van der Waals surface area contributed by atoms with E-state index in [0.29, 0.717) is 24.1 Å². The predicted octanol–water partition coefficient (Wildman–Crippen LogP) is 4.28. The molecule has 0 unspecified atom stereocenters. The minimum atomic E-state index is -0.146. The highest BCUT2D eigenvalue weighted by atomic mass is 16.2. The molecule has 0 radical (unpaired) electrons. The largest absolute Gasteiger partial charge is 0.315 e. The van der Waals surface area contributed by atoms with Crippen molar-refractivity contribution >= 4 is 17.4 Å². The lowest BCUT2D eigenvalue weighted by Gasteiger charge is -2.21. The molecule has 6 nitrogen and oxygen atoms in total. The summed E-state index contributed by atoms with van der Waals surface area (Å²) in [5.41, 5.74) is 4.62. The van der Waals surface area contributed by atoms with Crippen LogP contribution in [-0.2, 0) is 11.2 Å². The number of ketones is 1. The standard InChI is InChI=1S/C24H26N4O2/c1-16(2)24(30)28(4)21-12-18(22-7-5-17(3)14-27-22)11-19(13-21)23(29)8-6-20-15-25-9-10-26-20/h5,7,9-16H,6,8H2,1-4H3. The van der Waals surface area contributed by atoms with Crippen molar-refractivity contribution in [2.75, 3.05) is 11.9 Å². The zero-order chi connectivity index (χ0) is 21.7. The monoisotopic (exact) mass is 402 g/mol. The third-order valence-corrected chi connectivity index (χ3v) is 4.88. The van der Waals surface area contributed by atoms with Gasteiger partial charge in [-0.15, -0.1) is 0 Å². The molecule has 0 N–H and O–H groups in total. The first-order valence-corrected chi connectivity index (χ1v) is 9.99. The second-order valence-electron chi connectivity index (χ2n) is 7.66. The van der Waals surface area contributed by atoms with Crippen molar-refractivity contribution in [1.82, 2.24) is 15.0 Å². The topological polar surface area (TPSA) is 76.1 Å². The van der Waals surface area contributed by atoms with Crippen molar-refractivity contribution in [1.29, 1.82) is 0 Å². The van der Waals surface area contributed by atoms with Gasteiger partial charge in [-0.1, -0.05) is 19.9 Å². The van der Waals surface area contributed by atoms with E-state index in [4.69, 9.17) is 0 Å². The van der Waals surface area contributed by atoms with Crippen LogP contribution in [0.3, 0.4) is 0 Å². The number of hydrogen-bond acceptors (Lipinski definition) is 5. The highest BCUT2D eigenvalue weighted by Crippen LogP contribution is 2.27. The summed E-state index contributed by atoms with van der Waals surface area (Å²) in [5.74, 6) is -0.171. The Bertz CT molecular complexity index is 1030. The summed E-state index contributed by atoms with van der Waals surface area (Å²) in [6.45, 7) is 5.69. The van der Waals surface area contributed by atoms with Gasteiger partial charge >= 0.3 is 0 Å². The highest BCUT2D eigenvalue weighted by molar-refractivity contribution is 6.01. The summed E-state index contributed by atoms with van der Waals surface area (Å²) in [4.78, 5) is 39.9. The molecule has 2 heterocycles. The van der Waals surface area contributed by atoms with Crippen LogP contribution >= 0.6 is 0 Å². The first kappa shape index (κ1) is 21.3. The molecule has 3 aromatic rings. The first-order valence-electron chi connectivity index (χ1n) is 9.99. The van der Waals surface area contributed by atoms with E-state index in [1.165, 1.54) is 0 Å². The van der Waals surface area contributed by atoms with Gasteiger partial charge in [0.2, 0.25) is 5.91 Å². The van der Waals surface area contributed by atoms with Crippen molar-refractivity contribution in [2.45, 2.75) is 33.6 Å². The van der Waals surface area contributed by atoms with Gasteiger partial charge in [-0.3, -0.25) is 24.5 Å². The third kappa shape index (κ3) is 5.14. The Balaban J connectivity index is 1.95. The van der Waals surface area contributed by atoms with Gasteiger partial charge in [-0.2, -0.15) is 0 Å². The molecule has 0 aliphatic carbocycles. The number of Topliss-reactive ketones (excluding diaryl/α,β-unsaturated/α-hetero) is 1. The van der Waals surface area contributed by atoms with Crippen LogP contribution in [0.2, 0.25) is 0 Å². The minimum absolute atomic E-state index is 0.0121. The molecule has 2 aromatic heterocycles. The number of carbonyl (C=O) groups excluding carboxylic acids is 2. The van der Waals surface area contributed by atoms with E-state index in [9.17, 15) is 9.59 Å². The number of nitrogens with zero attached hydrogens (tertiary/aromatic N) is 4. The van der Waals surface area contributed by atoms with E-state index in [-0.39, 0.29) is 17.6 Å². The van der Waals surface area contributed by atoms with Crippen molar-refractivity contribution in [2.24, 2.45) is 5.92 Å². The van der Waals surface area contributed by atoms with Crippen LogP contribution in [0.4, 0.5) is 5.69 Å². The van der Waals surface area contributed by atoms with E-state index >= 15 is 0 Å². The van der Waals surface area contributed by atoms with Gasteiger partial charge in [0, 0.05) is 61.0 Å². The molecule has 0 fully saturated rings. The number of anilines is 1. The number of benzene rings is 1. The van der Waals surface area contributed by atoms with Crippen LogP contribution in [0.15, 0.2) is 55.1 Å². The number of rotatable bonds is 7. The van der Waals surface area contributed by atoms with Crippen molar-refractivity contribution in [3.05, 3.63) is 71.9 Å². The Morgan fingerprint density at radius 1 is 1.03 bits per heavy atom. The molecule has 30 heavy (non-hydrogen) atoms. The number of aryl methyl sites for hydroxylation is 2. The summed E-state index contributed by atoms with van der Waals surface area (Å²) in [6, 6.07) is 9.42. The fourth-order valence-corrected chi connectivity index (χ4v) is 3.11. The van der Waals surface area contributed by atoms with E-state index in [2.05, 4.69) is 15.0 Å². The summed E-state index contributed by atoms with van der Waals surface area (Å²) < 4.78 is 0. The summed E-state index contributed by atoms with van der Waals surface area (Å²) in [5, 5.41) is 0. The normalized spacial score (nSPS) is 10.8. The van der Waals surface area contributed by atoms with E-state index in [1.54, 1.807) is 42.8 Å². The molecule has 0 atom stereocenters. The number of carbonyl (C=O) groups is 2. The average molecular weight is 402 g/mol. The summed E-state index contributed by atoms with van der Waals surface area (Å²) >= 11 is 0. The Labute approximate surface area is 177 Å². The van der Waals surface area contributed by atoms with E-state index < -0.39 is 0 Å². The van der Waals surface area contributed by atoms with Gasteiger partial charge < -0.3 is 4.90 Å². The number of amides is 1. The van der Waals surface area contributed by atoms with Crippen molar-refractivity contribution in [3.8, 4) is 11.3 Å². The molecular formula is C24H26N4O2. The Morgan fingerprint density at radius 2 is 1.83 bits per heavy atom. The lowest BCUT2D eigenvalue weighted by atomic mass is 9.99. The van der Waals surface area contributed by atoms with Gasteiger partial charge in [0.15, 0.2) is 5.78 Å². The smallest absolute Gasteiger partial charge is 0.229 e. The minimum Gasteiger partial charge on any atom is -0.315 e. The Morgan fingerprint density at radius 3 is 2.47 bits per heavy atom. The molecule has 154 valence electrons. The van der Waals surface area contributed by atoms with E-state index in [0.717, 1.165) is 22.5 Å². The van der Waals surface area contributed by atoms with Gasteiger partial charge in [0.25, 0.3) is 0 Å². The quantitative estimate of drug-likeness (QED) is 0.551. The molecule has 0 spiro atoms. The van der Waals surface area contributed by atoms with Gasteiger partial charge in [-0.25, -0.2) is 0 Å². The summed E-state index contributed by atoms with van der Waals surface area (Å²) in [6.07, 6.45) is 7.51. The maximum Gasteiger partial charge on any atom is 0.229 e. The zero-order valence-corrected chi connectivity index (χ0v) is 17.8. The molecule has 0 bridgehead atoms. The lowest BCUT2D eigenvalue weighted by molar-refractivity contribution is -0.121. The predicted molar refractivity (Wildman–Crippen MR) is 117 cm³/mol. The second kappa shape index (κ2) is 9.39. The zero-order valence-electron chi connectivity index (χ0n) is 17.8. The van der Waals surface area contributed by atoms with Crippen molar-refractivity contribution in [3.63, 3.8) is 0 Å². The highest BCUT2D eigenvalue weighted by Gasteiger charge is 2.18. The molecule has 0 saturated carbocycles. The number of hydrogen-bond donors (Lipinski definition) is 0. The van der Waals surface area contributed by atoms with Crippen LogP contribution in [0.1, 0.15) is 41.9 Å². The lowest BCUT2D eigenvalue weighted by Crippen LogP contribution is -2.30.